The molecule has 2 rings (SSSR count). The van der Waals surface area contributed by atoms with Crippen LogP contribution < -0.4 is 5.32 Å². The second-order valence-electron chi connectivity index (χ2n) is 6.12. The maximum Gasteiger partial charge on any atom is 0.0475 e. The zero-order valence-electron chi connectivity index (χ0n) is 13.3. The molecule has 0 saturated carbocycles. The summed E-state index contributed by atoms with van der Waals surface area (Å²) in [5.74, 6) is 0. The predicted octanol–water partition coefficient (Wildman–Crippen LogP) is 3.99. The normalized spacial score (nSPS) is 24.1. The van der Waals surface area contributed by atoms with Gasteiger partial charge in [0.05, 0.1) is 0 Å². The molecule has 3 unspecified atom stereocenters. The highest BCUT2D eigenvalue weighted by atomic mass is 15.2. The Hall–Kier alpha value is -0.860. The van der Waals surface area contributed by atoms with Gasteiger partial charge in [0, 0.05) is 18.1 Å². The number of rotatable bonds is 5. The molecule has 0 amide bonds. The van der Waals surface area contributed by atoms with E-state index in [9.17, 15) is 0 Å². The van der Waals surface area contributed by atoms with Crippen LogP contribution in [0.4, 0.5) is 0 Å². The molecule has 0 radical (unpaired) electrons. The van der Waals surface area contributed by atoms with Crippen molar-refractivity contribution in [3.05, 3.63) is 35.9 Å². The van der Waals surface area contributed by atoms with Gasteiger partial charge in [-0.3, -0.25) is 4.90 Å². The smallest absolute Gasteiger partial charge is 0.0475 e. The molecular weight excluding hydrogens is 244 g/mol. The standard InChI is InChI=1S/C18H30N2/c1-4-19-18(17-12-8-5-9-13-17)16(3)20-14-10-6-7-11-15(20)2/h5,8-9,12-13,15-16,18-19H,4,6-7,10-11,14H2,1-3H3. The Labute approximate surface area is 124 Å². The van der Waals surface area contributed by atoms with E-state index in [1.165, 1.54) is 37.8 Å². The van der Waals surface area contributed by atoms with E-state index in [1.807, 2.05) is 0 Å². The van der Waals surface area contributed by atoms with Crippen molar-refractivity contribution in [3.63, 3.8) is 0 Å². The Balaban J connectivity index is 2.15. The predicted molar refractivity (Wildman–Crippen MR) is 87.0 cm³/mol. The van der Waals surface area contributed by atoms with Gasteiger partial charge in [-0.15, -0.1) is 0 Å². The van der Waals surface area contributed by atoms with Crippen molar-refractivity contribution in [2.75, 3.05) is 13.1 Å². The summed E-state index contributed by atoms with van der Waals surface area (Å²) < 4.78 is 0. The highest BCUT2D eigenvalue weighted by Crippen LogP contribution is 2.26. The molecule has 3 atom stereocenters. The van der Waals surface area contributed by atoms with Gasteiger partial charge in [0.15, 0.2) is 0 Å². The van der Waals surface area contributed by atoms with Crippen LogP contribution in [0, 0.1) is 0 Å². The molecule has 112 valence electrons. The van der Waals surface area contributed by atoms with Gasteiger partial charge in [-0.2, -0.15) is 0 Å². The van der Waals surface area contributed by atoms with Crippen molar-refractivity contribution in [1.29, 1.82) is 0 Å². The lowest BCUT2D eigenvalue weighted by atomic mass is 9.97. The molecule has 0 spiro atoms. The average molecular weight is 274 g/mol. The van der Waals surface area contributed by atoms with E-state index in [0.717, 1.165) is 6.54 Å². The summed E-state index contributed by atoms with van der Waals surface area (Å²) >= 11 is 0. The molecule has 1 N–H and O–H groups in total. The van der Waals surface area contributed by atoms with E-state index >= 15 is 0 Å². The number of likely N-dealkylation sites (tertiary alicyclic amines) is 1. The van der Waals surface area contributed by atoms with Crippen molar-refractivity contribution < 1.29 is 0 Å². The van der Waals surface area contributed by atoms with Gasteiger partial charge in [0.1, 0.15) is 0 Å². The fourth-order valence-electron chi connectivity index (χ4n) is 3.54. The van der Waals surface area contributed by atoms with Crippen LogP contribution in [-0.2, 0) is 0 Å². The Morgan fingerprint density at radius 2 is 1.95 bits per heavy atom. The molecule has 1 saturated heterocycles. The molecule has 0 aliphatic carbocycles. The van der Waals surface area contributed by atoms with Crippen LogP contribution in [0.3, 0.4) is 0 Å². The first-order valence-electron chi connectivity index (χ1n) is 8.28. The molecular formula is C18H30N2. The summed E-state index contributed by atoms with van der Waals surface area (Å²) in [6, 6.07) is 12.6. The monoisotopic (exact) mass is 274 g/mol. The summed E-state index contributed by atoms with van der Waals surface area (Å²) in [6.45, 7) is 9.26. The van der Waals surface area contributed by atoms with Gasteiger partial charge >= 0.3 is 0 Å². The minimum absolute atomic E-state index is 0.432. The number of likely N-dealkylation sites (N-methyl/N-ethyl adjacent to an activating group) is 1. The lowest BCUT2D eigenvalue weighted by molar-refractivity contribution is 0.126. The quantitative estimate of drug-likeness (QED) is 0.873. The molecule has 1 aromatic rings. The summed E-state index contributed by atoms with van der Waals surface area (Å²) in [5, 5.41) is 3.70. The van der Waals surface area contributed by atoms with Crippen molar-refractivity contribution in [2.45, 2.75) is 64.6 Å². The van der Waals surface area contributed by atoms with Crippen molar-refractivity contribution in [1.82, 2.24) is 10.2 Å². The highest BCUT2D eigenvalue weighted by molar-refractivity contribution is 5.20. The summed E-state index contributed by atoms with van der Waals surface area (Å²) in [6.07, 6.45) is 5.48. The van der Waals surface area contributed by atoms with E-state index in [-0.39, 0.29) is 0 Å². The molecule has 0 bridgehead atoms. The summed E-state index contributed by atoms with van der Waals surface area (Å²) in [7, 11) is 0. The van der Waals surface area contributed by atoms with Crippen molar-refractivity contribution >= 4 is 0 Å². The van der Waals surface area contributed by atoms with Crippen LogP contribution in [-0.4, -0.2) is 30.1 Å². The minimum Gasteiger partial charge on any atom is -0.309 e. The second-order valence-corrected chi connectivity index (χ2v) is 6.12. The molecule has 0 aromatic heterocycles. The molecule has 1 aliphatic rings. The topological polar surface area (TPSA) is 15.3 Å². The Kier molecular flexibility index (Phi) is 6.06. The Morgan fingerprint density at radius 3 is 2.65 bits per heavy atom. The lowest BCUT2D eigenvalue weighted by Gasteiger charge is -2.38. The van der Waals surface area contributed by atoms with Gasteiger partial charge < -0.3 is 5.32 Å². The Bertz CT molecular complexity index is 376. The molecule has 1 fully saturated rings. The van der Waals surface area contributed by atoms with E-state index in [2.05, 4.69) is 61.3 Å². The van der Waals surface area contributed by atoms with Crippen LogP contribution in [0.5, 0.6) is 0 Å². The fourth-order valence-corrected chi connectivity index (χ4v) is 3.54. The van der Waals surface area contributed by atoms with E-state index < -0.39 is 0 Å². The largest absolute Gasteiger partial charge is 0.309 e. The van der Waals surface area contributed by atoms with Gasteiger partial charge in [-0.25, -0.2) is 0 Å². The van der Waals surface area contributed by atoms with Crippen LogP contribution in [0.25, 0.3) is 0 Å². The zero-order valence-corrected chi connectivity index (χ0v) is 13.3. The molecule has 1 heterocycles. The molecule has 2 heteroatoms. The number of nitrogens with one attached hydrogen (secondary N) is 1. The number of benzene rings is 1. The lowest BCUT2D eigenvalue weighted by Crippen LogP contribution is -2.47. The maximum atomic E-state index is 3.70. The zero-order chi connectivity index (χ0) is 14.4. The molecule has 20 heavy (non-hydrogen) atoms. The van der Waals surface area contributed by atoms with E-state index in [0.29, 0.717) is 18.1 Å². The molecule has 1 aromatic carbocycles. The van der Waals surface area contributed by atoms with Gasteiger partial charge in [-0.05, 0) is 45.3 Å². The number of nitrogens with zero attached hydrogens (tertiary/aromatic N) is 1. The first-order valence-corrected chi connectivity index (χ1v) is 8.28. The van der Waals surface area contributed by atoms with Gasteiger partial charge in [-0.1, -0.05) is 50.1 Å². The minimum atomic E-state index is 0.432. The first-order chi connectivity index (χ1) is 9.74. The Morgan fingerprint density at radius 1 is 1.20 bits per heavy atom. The summed E-state index contributed by atoms with van der Waals surface area (Å²) in [5.41, 5.74) is 1.42. The highest BCUT2D eigenvalue weighted by Gasteiger charge is 2.28. The van der Waals surface area contributed by atoms with Crippen LogP contribution in [0.1, 0.15) is 58.1 Å². The van der Waals surface area contributed by atoms with Crippen molar-refractivity contribution in [3.8, 4) is 0 Å². The third kappa shape index (κ3) is 3.83. The number of hydrogen-bond donors (Lipinski definition) is 1. The average Bonchev–Trinajstić information content (AvgIpc) is 2.69. The maximum absolute atomic E-state index is 3.70. The fraction of sp³-hybridized carbons (Fsp3) is 0.667. The van der Waals surface area contributed by atoms with E-state index in [1.54, 1.807) is 0 Å². The SMILES string of the molecule is CCNC(c1ccccc1)C(C)N1CCCCCC1C. The second kappa shape index (κ2) is 7.80. The third-order valence-electron chi connectivity index (χ3n) is 4.69. The number of hydrogen-bond acceptors (Lipinski definition) is 2. The van der Waals surface area contributed by atoms with Crippen LogP contribution in [0.15, 0.2) is 30.3 Å². The van der Waals surface area contributed by atoms with Gasteiger partial charge in [0.2, 0.25) is 0 Å². The van der Waals surface area contributed by atoms with Crippen LogP contribution >= 0.6 is 0 Å². The van der Waals surface area contributed by atoms with Crippen molar-refractivity contribution in [2.24, 2.45) is 0 Å². The molecule has 2 nitrogen and oxygen atoms in total. The van der Waals surface area contributed by atoms with E-state index in [4.69, 9.17) is 0 Å². The van der Waals surface area contributed by atoms with Crippen LogP contribution in [0.2, 0.25) is 0 Å². The summed E-state index contributed by atoms with van der Waals surface area (Å²) in [4.78, 5) is 2.72. The van der Waals surface area contributed by atoms with Gasteiger partial charge in [0.25, 0.3) is 0 Å². The molecule has 1 aliphatic heterocycles. The third-order valence-corrected chi connectivity index (χ3v) is 4.69. The first kappa shape index (κ1) is 15.5.